The first-order valence-corrected chi connectivity index (χ1v) is 12.2. The van der Waals surface area contributed by atoms with E-state index in [0.29, 0.717) is 46.0 Å². The van der Waals surface area contributed by atoms with Gasteiger partial charge in [-0.1, -0.05) is 19.0 Å². The number of aromatic nitrogens is 4. The van der Waals surface area contributed by atoms with Crippen LogP contribution in [0.4, 0.5) is 17.5 Å². The summed E-state index contributed by atoms with van der Waals surface area (Å²) in [6.45, 7) is 4.17. The number of likely N-dealkylation sites (tertiary alicyclic amines) is 1. The number of nitrogens with zero attached hydrogens (tertiary/aromatic N) is 7. The van der Waals surface area contributed by atoms with Crippen LogP contribution in [-0.2, 0) is 0 Å². The molecule has 2 aliphatic rings. The maximum atomic E-state index is 9.69. The Balaban J connectivity index is 0.00000304. The van der Waals surface area contributed by atoms with E-state index >= 15 is 0 Å². The molecule has 36 heavy (non-hydrogen) atoms. The molecule has 11 heteroatoms. The molecule has 1 saturated heterocycles. The number of nitrogens with one attached hydrogen (secondary N) is 2. The highest BCUT2D eigenvalue weighted by molar-refractivity contribution is 6.34. The van der Waals surface area contributed by atoms with Crippen molar-refractivity contribution in [3.8, 4) is 12.1 Å². The summed E-state index contributed by atoms with van der Waals surface area (Å²) in [5, 5.41) is 40.3. The molecule has 10 nitrogen and oxygen atoms in total. The lowest BCUT2D eigenvalue weighted by Crippen LogP contribution is -2.37. The summed E-state index contributed by atoms with van der Waals surface area (Å²) < 4.78 is 1.46. The van der Waals surface area contributed by atoms with E-state index in [0.717, 1.165) is 44.3 Å². The van der Waals surface area contributed by atoms with Gasteiger partial charge in [0.25, 0.3) is 0 Å². The van der Waals surface area contributed by atoms with Crippen molar-refractivity contribution in [2.24, 2.45) is 0 Å². The van der Waals surface area contributed by atoms with Crippen LogP contribution in [0.3, 0.4) is 0 Å². The van der Waals surface area contributed by atoms with E-state index in [9.17, 15) is 15.6 Å². The number of halogens is 1. The second-order valence-electron chi connectivity index (χ2n) is 9.28. The molecule has 0 spiro atoms. The van der Waals surface area contributed by atoms with E-state index in [4.69, 9.17) is 11.6 Å². The van der Waals surface area contributed by atoms with Gasteiger partial charge in [0, 0.05) is 12.6 Å². The highest BCUT2D eigenvalue weighted by Gasteiger charge is 2.26. The number of rotatable bonds is 7. The molecule has 3 N–H and O–H groups in total. The molecule has 1 aromatic carbocycles. The second kappa shape index (κ2) is 10.7. The second-order valence-corrected chi connectivity index (χ2v) is 9.66. The lowest BCUT2D eigenvalue weighted by Gasteiger charge is -2.33. The van der Waals surface area contributed by atoms with Crippen LogP contribution in [0, 0.1) is 22.7 Å². The van der Waals surface area contributed by atoms with Crippen LogP contribution in [0.2, 0.25) is 5.02 Å². The molecule has 188 valence electrons. The van der Waals surface area contributed by atoms with Crippen molar-refractivity contribution in [2.45, 2.75) is 58.1 Å². The number of nitriles is 2. The SMILES string of the molecule is C.C[C@H](O)CN1CCC(c2cc(C#N)cc(Nc3nc(NC4CC4)c4ncc(C#N)n4n3)c2Cl)CC1. The van der Waals surface area contributed by atoms with Gasteiger partial charge in [-0.25, -0.2) is 4.98 Å². The fourth-order valence-corrected chi connectivity index (χ4v) is 4.86. The lowest BCUT2D eigenvalue weighted by atomic mass is 9.88. The maximum Gasteiger partial charge on any atom is 0.247 e. The average Bonchev–Trinajstić information content (AvgIpc) is 3.56. The van der Waals surface area contributed by atoms with Crippen LogP contribution in [0.15, 0.2) is 18.3 Å². The molecule has 1 aliphatic carbocycles. The number of hydrogen-bond donors (Lipinski definition) is 3. The minimum Gasteiger partial charge on any atom is -0.392 e. The van der Waals surface area contributed by atoms with Crippen molar-refractivity contribution in [1.82, 2.24) is 24.5 Å². The minimum atomic E-state index is -0.360. The Labute approximate surface area is 215 Å². The van der Waals surface area contributed by atoms with E-state index in [1.165, 1.54) is 10.7 Å². The number of aliphatic hydroxyl groups is 1. The van der Waals surface area contributed by atoms with Crippen LogP contribution >= 0.6 is 11.6 Å². The van der Waals surface area contributed by atoms with Gasteiger partial charge in [-0.2, -0.15) is 20.0 Å². The molecule has 1 aliphatic heterocycles. The van der Waals surface area contributed by atoms with Gasteiger partial charge in [-0.15, -0.1) is 5.10 Å². The number of piperidine rings is 1. The summed E-state index contributed by atoms with van der Waals surface area (Å²) in [4.78, 5) is 11.1. The quantitative estimate of drug-likeness (QED) is 0.432. The van der Waals surface area contributed by atoms with Gasteiger partial charge in [0.05, 0.1) is 34.6 Å². The Morgan fingerprint density at radius 1 is 1.19 bits per heavy atom. The Morgan fingerprint density at radius 2 is 1.94 bits per heavy atom. The van der Waals surface area contributed by atoms with Gasteiger partial charge in [-0.3, -0.25) is 0 Å². The molecular formula is C25H30ClN9O. The van der Waals surface area contributed by atoms with Crippen LogP contribution < -0.4 is 10.6 Å². The van der Waals surface area contributed by atoms with Gasteiger partial charge in [-0.05, 0) is 69.3 Å². The van der Waals surface area contributed by atoms with E-state index in [1.807, 2.05) is 6.07 Å². The van der Waals surface area contributed by atoms with Crippen molar-refractivity contribution >= 4 is 34.7 Å². The normalized spacial score (nSPS) is 17.1. The molecule has 0 amide bonds. The molecule has 2 fully saturated rings. The summed E-state index contributed by atoms with van der Waals surface area (Å²) in [5.41, 5.74) is 2.74. The molecule has 0 unspecified atom stereocenters. The molecule has 2 aromatic heterocycles. The van der Waals surface area contributed by atoms with Gasteiger partial charge in [0.2, 0.25) is 5.95 Å². The maximum absolute atomic E-state index is 9.69. The van der Waals surface area contributed by atoms with E-state index in [-0.39, 0.29) is 25.4 Å². The molecule has 1 atom stereocenters. The van der Waals surface area contributed by atoms with E-state index in [1.54, 1.807) is 13.0 Å². The smallest absolute Gasteiger partial charge is 0.247 e. The van der Waals surface area contributed by atoms with Crippen molar-refractivity contribution in [3.63, 3.8) is 0 Å². The fourth-order valence-electron chi connectivity index (χ4n) is 4.55. The standard InChI is InChI=1S/C24H26ClN9O.CH4/c1-14(35)13-33-6-4-16(5-7-33)19-8-15(10-26)9-20(21(19)25)30-24-31-22(29-17-2-3-17)23-28-12-18(11-27)34(23)32-24;/h8-9,12,14,16-17,35H,2-7,13H2,1H3,(H2,29,30,31,32);1H4/t14-;/m0./s1. The molecular weight excluding hydrogens is 478 g/mol. The molecule has 0 radical (unpaired) electrons. The van der Waals surface area contributed by atoms with Gasteiger partial charge in [0.1, 0.15) is 6.07 Å². The molecule has 5 rings (SSSR count). The van der Waals surface area contributed by atoms with Gasteiger partial charge < -0.3 is 20.6 Å². The predicted octanol–water partition coefficient (Wildman–Crippen LogP) is 4.04. The summed E-state index contributed by atoms with van der Waals surface area (Å²) in [6.07, 6.45) is 5.00. The minimum absolute atomic E-state index is 0. The number of anilines is 3. The van der Waals surface area contributed by atoms with Crippen LogP contribution in [0.25, 0.3) is 5.65 Å². The fraction of sp³-hybridized carbons (Fsp3) is 0.480. The summed E-state index contributed by atoms with van der Waals surface area (Å²) in [7, 11) is 0. The van der Waals surface area contributed by atoms with Crippen LogP contribution in [0.5, 0.6) is 0 Å². The number of β-amino-alcohol motifs (C(OH)–C–C–N with tert-alkyl or cyclic N) is 1. The third-order valence-electron chi connectivity index (χ3n) is 6.42. The molecule has 0 bridgehead atoms. The first-order valence-electron chi connectivity index (χ1n) is 11.8. The summed E-state index contributed by atoms with van der Waals surface area (Å²) in [5.74, 6) is 1.01. The number of imidazole rings is 1. The zero-order valence-corrected chi connectivity index (χ0v) is 20.1. The monoisotopic (exact) mass is 507 g/mol. The van der Waals surface area contributed by atoms with Gasteiger partial charge in [0.15, 0.2) is 17.2 Å². The predicted molar refractivity (Wildman–Crippen MR) is 138 cm³/mol. The van der Waals surface area contributed by atoms with Gasteiger partial charge >= 0.3 is 0 Å². The average molecular weight is 508 g/mol. The highest BCUT2D eigenvalue weighted by Crippen LogP contribution is 2.38. The number of hydrogen-bond acceptors (Lipinski definition) is 9. The summed E-state index contributed by atoms with van der Waals surface area (Å²) >= 11 is 6.86. The van der Waals surface area contributed by atoms with Crippen molar-refractivity contribution < 1.29 is 5.11 Å². The van der Waals surface area contributed by atoms with E-state index < -0.39 is 0 Å². The Morgan fingerprint density at radius 3 is 2.58 bits per heavy atom. The first kappa shape index (κ1) is 25.6. The number of aliphatic hydroxyl groups excluding tert-OH is 1. The summed E-state index contributed by atoms with van der Waals surface area (Å²) in [6, 6.07) is 8.21. The van der Waals surface area contributed by atoms with Crippen molar-refractivity contribution in [1.29, 1.82) is 10.5 Å². The first-order chi connectivity index (χ1) is 16.9. The zero-order valence-electron chi connectivity index (χ0n) is 19.4. The van der Waals surface area contributed by atoms with Crippen molar-refractivity contribution in [3.05, 3.63) is 40.2 Å². The third kappa shape index (κ3) is 5.36. The highest BCUT2D eigenvalue weighted by atomic mass is 35.5. The zero-order chi connectivity index (χ0) is 24.5. The van der Waals surface area contributed by atoms with E-state index in [2.05, 4.69) is 42.7 Å². The van der Waals surface area contributed by atoms with Crippen LogP contribution in [-0.4, -0.2) is 61.4 Å². The number of benzene rings is 1. The largest absolute Gasteiger partial charge is 0.392 e. The Bertz CT molecular complexity index is 1330. The molecule has 1 saturated carbocycles. The topological polar surface area (TPSA) is 138 Å². The van der Waals surface area contributed by atoms with Crippen LogP contribution in [0.1, 0.15) is 62.8 Å². The number of fused-ring (bicyclic) bond motifs is 1. The lowest BCUT2D eigenvalue weighted by molar-refractivity contribution is 0.109. The Kier molecular flexibility index (Phi) is 7.60. The molecule has 3 aromatic rings. The molecule has 3 heterocycles. The van der Waals surface area contributed by atoms with Crippen molar-refractivity contribution in [2.75, 3.05) is 30.3 Å². The third-order valence-corrected chi connectivity index (χ3v) is 6.84. The Hall–Kier alpha value is -3.44.